The molecule has 1 aliphatic heterocycles. The van der Waals surface area contributed by atoms with Crippen LogP contribution in [0.3, 0.4) is 0 Å². The molecule has 1 aromatic rings. The molecule has 0 radical (unpaired) electrons. The van der Waals surface area contributed by atoms with Crippen molar-refractivity contribution in [1.82, 2.24) is 0 Å². The van der Waals surface area contributed by atoms with Crippen LogP contribution in [0.15, 0.2) is 18.2 Å². The topological polar surface area (TPSA) is 35.2 Å². The summed E-state index contributed by atoms with van der Waals surface area (Å²) in [6.07, 6.45) is 0.532. The lowest BCUT2D eigenvalue weighted by molar-refractivity contribution is 0.0891. The molecule has 1 aromatic carbocycles. The summed E-state index contributed by atoms with van der Waals surface area (Å²) in [5, 5.41) is 0. The van der Waals surface area contributed by atoms with E-state index in [1.165, 1.54) is 0 Å². The fourth-order valence-electron chi connectivity index (χ4n) is 2.08. The molecule has 0 spiro atoms. The van der Waals surface area contributed by atoms with Crippen LogP contribution in [-0.4, -0.2) is 12.5 Å². The SMILES string of the molecule is NC1(c2ccc3c(c2)CCO3)CC1(F)F. The lowest BCUT2D eigenvalue weighted by Gasteiger charge is -2.11. The third-order valence-corrected chi connectivity index (χ3v) is 3.23. The van der Waals surface area contributed by atoms with Gasteiger partial charge in [-0.15, -0.1) is 0 Å². The monoisotopic (exact) mass is 211 g/mol. The van der Waals surface area contributed by atoms with E-state index in [0.717, 1.165) is 17.7 Å². The highest BCUT2D eigenvalue weighted by Crippen LogP contribution is 2.57. The molecule has 0 bridgehead atoms. The van der Waals surface area contributed by atoms with Gasteiger partial charge in [0.05, 0.1) is 6.61 Å². The summed E-state index contributed by atoms with van der Waals surface area (Å²) in [5.74, 6) is -1.95. The zero-order valence-electron chi connectivity index (χ0n) is 8.09. The molecule has 1 saturated carbocycles. The van der Waals surface area contributed by atoms with Crippen LogP contribution in [0.25, 0.3) is 0 Å². The molecule has 1 fully saturated rings. The molecule has 0 saturated heterocycles. The van der Waals surface area contributed by atoms with Crippen LogP contribution in [0.5, 0.6) is 5.75 Å². The first-order chi connectivity index (χ1) is 7.03. The molecule has 0 amide bonds. The Morgan fingerprint density at radius 3 is 2.73 bits per heavy atom. The Labute approximate surface area is 86.0 Å². The maximum atomic E-state index is 13.1. The zero-order chi connectivity index (χ0) is 10.7. The zero-order valence-corrected chi connectivity index (χ0v) is 8.09. The summed E-state index contributed by atoms with van der Waals surface area (Å²) in [6.45, 7) is 0.632. The van der Waals surface area contributed by atoms with Crippen molar-refractivity contribution in [3.05, 3.63) is 29.3 Å². The van der Waals surface area contributed by atoms with E-state index in [-0.39, 0.29) is 6.42 Å². The second-order valence-electron chi connectivity index (χ2n) is 4.27. The van der Waals surface area contributed by atoms with Gasteiger partial charge in [0.25, 0.3) is 5.92 Å². The van der Waals surface area contributed by atoms with Crippen molar-refractivity contribution in [3.8, 4) is 5.75 Å². The van der Waals surface area contributed by atoms with Crippen LogP contribution in [0.2, 0.25) is 0 Å². The molecule has 3 rings (SSSR count). The maximum absolute atomic E-state index is 13.1. The molecule has 1 unspecified atom stereocenters. The maximum Gasteiger partial charge on any atom is 0.272 e. The smallest absolute Gasteiger partial charge is 0.272 e. The van der Waals surface area contributed by atoms with Crippen molar-refractivity contribution in [2.24, 2.45) is 5.73 Å². The summed E-state index contributed by atoms with van der Waals surface area (Å²) in [6, 6.07) is 5.13. The summed E-state index contributed by atoms with van der Waals surface area (Å²) in [5.41, 5.74) is 5.72. The van der Waals surface area contributed by atoms with E-state index < -0.39 is 11.5 Å². The highest BCUT2D eigenvalue weighted by molar-refractivity contribution is 5.45. The molecule has 1 heterocycles. The Morgan fingerprint density at radius 2 is 2.07 bits per heavy atom. The standard InChI is InChI=1S/C11H11F2NO/c12-11(13)6-10(11,14)8-1-2-9-7(5-8)3-4-15-9/h1-2,5H,3-4,6,14H2. The highest BCUT2D eigenvalue weighted by Gasteiger charge is 2.69. The van der Waals surface area contributed by atoms with E-state index in [9.17, 15) is 8.78 Å². The average molecular weight is 211 g/mol. The first kappa shape index (κ1) is 9.09. The molecule has 2 aliphatic rings. The summed E-state index contributed by atoms with van der Waals surface area (Å²) in [4.78, 5) is 0. The molecular weight excluding hydrogens is 200 g/mol. The van der Waals surface area contributed by atoms with Gasteiger partial charge in [0, 0.05) is 12.8 Å². The first-order valence-corrected chi connectivity index (χ1v) is 4.96. The number of benzene rings is 1. The predicted molar refractivity (Wildman–Crippen MR) is 51.1 cm³/mol. The Balaban J connectivity index is 2.01. The normalized spacial score (nSPS) is 30.9. The van der Waals surface area contributed by atoms with Gasteiger partial charge in [-0.3, -0.25) is 0 Å². The van der Waals surface area contributed by atoms with E-state index in [1.807, 2.05) is 0 Å². The number of ether oxygens (including phenoxy) is 1. The van der Waals surface area contributed by atoms with E-state index in [1.54, 1.807) is 18.2 Å². The minimum absolute atomic E-state index is 0.250. The van der Waals surface area contributed by atoms with Crippen LogP contribution in [0.4, 0.5) is 8.78 Å². The summed E-state index contributed by atoms with van der Waals surface area (Å²) < 4.78 is 31.4. The van der Waals surface area contributed by atoms with Crippen molar-refractivity contribution in [2.75, 3.05) is 6.61 Å². The minimum atomic E-state index is -2.75. The van der Waals surface area contributed by atoms with Crippen molar-refractivity contribution < 1.29 is 13.5 Å². The number of rotatable bonds is 1. The van der Waals surface area contributed by atoms with E-state index in [0.29, 0.717) is 12.2 Å². The fourth-order valence-corrected chi connectivity index (χ4v) is 2.08. The van der Waals surface area contributed by atoms with Crippen molar-refractivity contribution in [2.45, 2.75) is 24.3 Å². The highest BCUT2D eigenvalue weighted by atomic mass is 19.3. The molecule has 4 heteroatoms. The average Bonchev–Trinajstić information content (AvgIpc) is 2.61. The van der Waals surface area contributed by atoms with Crippen LogP contribution in [0.1, 0.15) is 17.5 Å². The van der Waals surface area contributed by atoms with Crippen molar-refractivity contribution in [3.63, 3.8) is 0 Å². The number of nitrogens with two attached hydrogens (primary N) is 1. The quantitative estimate of drug-likeness (QED) is 0.769. The van der Waals surface area contributed by atoms with Crippen molar-refractivity contribution >= 4 is 0 Å². The molecule has 1 atom stereocenters. The molecule has 15 heavy (non-hydrogen) atoms. The first-order valence-electron chi connectivity index (χ1n) is 4.96. The van der Waals surface area contributed by atoms with Crippen LogP contribution < -0.4 is 10.5 Å². The fraction of sp³-hybridized carbons (Fsp3) is 0.455. The van der Waals surface area contributed by atoms with Crippen LogP contribution in [-0.2, 0) is 12.0 Å². The van der Waals surface area contributed by atoms with Gasteiger partial charge >= 0.3 is 0 Å². The molecule has 80 valence electrons. The number of hydrogen-bond acceptors (Lipinski definition) is 2. The van der Waals surface area contributed by atoms with Gasteiger partial charge in [-0.1, -0.05) is 6.07 Å². The Morgan fingerprint density at radius 1 is 1.33 bits per heavy atom. The summed E-state index contributed by atoms with van der Waals surface area (Å²) >= 11 is 0. The van der Waals surface area contributed by atoms with Gasteiger partial charge in [-0.2, -0.15) is 0 Å². The predicted octanol–water partition coefficient (Wildman–Crippen LogP) is 1.81. The lowest BCUT2D eigenvalue weighted by atomic mass is 10.0. The van der Waals surface area contributed by atoms with Gasteiger partial charge in [0.1, 0.15) is 11.3 Å². The molecule has 1 aliphatic carbocycles. The molecule has 2 nitrogen and oxygen atoms in total. The van der Waals surface area contributed by atoms with E-state index in [4.69, 9.17) is 10.5 Å². The van der Waals surface area contributed by atoms with Gasteiger partial charge in [-0.05, 0) is 23.3 Å². The van der Waals surface area contributed by atoms with Gasteiger partial charge in [0.15, 0.2) is 0 Å². The minimum Gasteiger partial charge on any atom is -0.493 e. The van der Waals surface area contributed by atoms with Crippen LogP contribution in [0, 0.1) is 0 Å². The van der Waals surface area contributed by atoms with Crippen LogP contribution >= 0.6 is 0 Å². The second kappa shape index (κ2) is 2.50. The lowest BCUT2D eigenvalue weighted by Crippen LogP contribution is -2.27. The molecule has 2 N–H and O–H groups in total. The number of hydrogen-bond donors (Lipinski definition) is 1. The Kier molecular flexibility index (Phi) is 1.51. The molecule has 0 aromatic heterocycles. The van der Waals surface area contributed by atoms with Crippen molar-refractivity contribution in [1.29, 1.82) is 0 Å². The van der Waals surface area contributed by atoms with E-state index in [2.05, 4.69) is 0 Å². The number of fused-ring (bicyclic) bond motifs is 1. The molecular formula is C11H11F2NO. The summed E-state index contributed by atoms with van der Waals surface area (Å²) in [7, 11) is 0. The largest absolute Gasteiger partial charge is 0.493 e. The number of alkyl halides is 2. The van der Waals surface area contributed by atoms with E-state index >= 15 is 0 Å². The third kappa shape index (κ3) is 1.11. The Hall–Kier alpha value is -1.16. The van der Waals surface area contributed by atoms with Gasteiger partial charge < -0.3 is 10.5 Å². The van der Waals surface area contributed by atoms with Gasteiger partial charge in [0.2, 0.25) is 0 Å². The van der Waals surface area contributed by atoms with Gasteiger partial charge in [-0.25, -0.2) is 8.78 Å². The second-order valence-corrected chi connectivity index (χ2v) is 4.27. The Bertz CT molecular complexity index is 433. The third-order valence-electron chi connectivity index (χ3n) is 3.23. The number of halogens is 2.